The smallest absolute Gasteiger partial charge is 0.251 e. The summed E-state index contributed by atoms with van der Waals surface area (Å²) in [6.07, 6.45) is 2.70. The fraction of sp³-hybridized carbons (Fsp3) is 0.0741. The summed E-state index contributed by atoms with van der Waals surface area (Å²) in [5.74, 6) is 4.68. The van der Waals surface area contributed by atoms with Gasteiger partial charge in [-0.25, -0.2) is 8.42 Å². The second-order valence-electron chi connectivity index (χ2n) is 8.15. The Labute approximate surface area is 204 Å². The molecule has 3 aromatic carbocycles. The van der Waals surface area contributed by atoms with Crippen LogP contribution in [0, 0.1) is 6.92 Å². The zero-order valence-electron chi connectivity index (χ0n) is 19.3. The molecule has 1 heterocycles. The van der Waals surface area contributed by atoms with Gasteiger partial charge in [-0.2, -0.15) is 5.10 Å². The molecule has 0 spiro atoms. The summed E-state index contributed by atoms with van der Waals surface area (Å²) in [5, 5.41) is 3.56. The predicted molar refractivity (Wildman–Crippen MR) is 139 cm³/mol. The van der Waals surface area contributed by atoms with Crippen LogP contribution < -0.4 is 11.6 Å². The standard InChI is InChI=1S/C27H24N4O3S/c1-17-14-23(25(27(28)32)26(31-17)21-7-5-6-18(15-21)16-30-29)20-12-10-19(11-13-20)22-8-3-4-9-24(22)35(2,33)34/h3-16H,29H2,1-2H3,(H2,28,32). The summed E-state index contributed by atoms with van der Waals surface area (Å²) in [7, 11) is -3.40. The number of aryl methyl sites for hydroxylation is 1. The van der Waals surface area contributed by atoms with Gasteiger partial charge in [-0.15, -0.1) is 0 Å². The number of amides is 1. The maximum absolute atomic E-state index is 12.6. The van der Waals surface area contributed by atoms with Gasteiger partial charge in [-0.3, -0.25) is 9.78 Å². The van der Waals surface area contributed by atoms with E-state index in [0.29, 0.717) is 33.6 Å². The highest BCUT2D eigenvalue weighted by molar-refractivity contribution is 7.90. The highest BCUT2D eigenvalue weighted by Crippen LogP contribution is 2.34. The van der Waals surface area contributed by atoms with Gasteiger partial charge >= 0.3 is 0 Å². The second-order valence-corrected chi connectivity index (χ2v) is 10.1. The van der Waals surface area contributed by atoms with Crippen molar-refractivity contribution in [1.29, 1.82) is 0 Å². The van der Waals surface area contributed by atoms with Crippen LogP contribution in [-0.4, -0.2) is 31.8 Å². The molecular formula is C27H24N4O3S. The topological polar surface area (TPSA) is 128 Å². The number of hydrazone groups is 1. The van der Waals surface area contributed by atoms with E-state index in [1.54, 1.807) is 24.3 Å². The number of pyridine rings is 1. The Morgan fingerprint density at radius 2 is 1.54 bits per heavy atom. The lowest BCUT2D eigenvalue weighted by Gasteiger charge is -2.15. The Balaban J connectivity index is 1.86. The molecule has 7 nitrogen and oxygen atoms in total. The van der Waals surface area contributed by atoms with E-state index in [4.69, 9.17) is 11.6 Å². The molecule has 1 amide bonds. The van der Waals surface area contributed by atoms with Crippen molar-refractivity contribution in [1.82, 2.24) is 4.98 Å². The van der Waals surface area contributed by atoms with E-state index in [1.165, 1.54) is 12.5 Å². The number of hydrogen-bond acceptors (Lipinski definition) is 6. The molecule has 0 bridgehead atoms. The van der Waals surface area contributed by atoms with Crippen LogP contribution in [0.1, 0.15) is 21.6 Å². The fourth-order valence-corrected chi connectivity index (χ4v) is 4.98. The molecule has 0 unspecified atom stereocenters. The lowest BCUT2D eigenvalue weighted by atomic mass is 9.93. The van der Waals surface area contributed by atoms with E-state index >= 15 is 0 Å². The lowest BCUT2D eigenvalue weighted by molar-refractivity contribution is 0.100. The summed E-state index contributed by atoms with van der Waals surface area (Å²) in [6, 6.07) is 23.4. The number of hydrogen-bond donors (Lipinski definition) is 2. The van der Waals surface area contributed by atoms with Gasteiger partial charge in [0.1, 0.15) is 0 Å². The van der Waals surface area contributed by atoms with Gasteiger partial charge < -0.3 is 11.6 Å². The van der Waals surface area contributed by atoms with E-state index in [2.05, 4.69) is 10.1 Å². The van der Waals surface area contributed by atoms with Crippen LogP contribution >= 0.6 is 0 Å². The number of nitrogens with two attached hydrogens (primary N) is 2. The number of carbonyl (C=O) groups is 1. The monoisotopic (exact) mass is 484 g/mol. The Hall–Kier alpha value is -4.30. The third-order valence-corrected chi connectivity index (χ3v) is 6.73. The van der Waals surface area contributed by atoms with Gasteiger partial charge in [0.05, 0.1) is 22.4 Å². The molecule has 4 rings (SSSR count). The summed E-state index contributed by atoms with van der Waals surface area (Å²) in [5.41, 5.74) is 11.5. The summed E-state index contributed by atoms with van der Waals surface area (Å²) >= 11 is 0. The number of rotatable bonds is 6. The minimum absolute atomic E-state index is 0.258. The van der Waals surface area contributed by atoms with Crippen LogP contribution in [0.2, 0.25) is 0 Å². The maximum atomic E-state index is 12.6. The molecule has 4 N–H and O–H groups in total. The molecule has 35 heavy (non-hydrogen) atoms. The second kappa shape index (κ2) is 9.52. The first-order valence-electron chi connectivity index (χ1n) is 10.7. The van der Waals surface area contributed by atoms with Gasteiger partial charge in [-0.1, -0.05) is 60.7 Å². The highest BCUT2D eigenvalue weighted by atomic mass is 32.2. The minimum atomic E-state index is -3.40. The average Bonchev–Trinajstić information content (AvgIpc) is 2.83. The van der Waals surface area contributed by atoms with Crippen LogP contribution in [-0.2, 0) is 9.84 Å². The van der Waals surface area contributed by atoms with Crippen molar-refractivity contribution >= 4 is 22.0 Å². The van der Waals surface area contributed by atoms with Crippen LogP contribution in [0.5, 0.6) is 0 Å². The summed E-state index contributed by atoms with van der Waals surface area (Å²) in [6.45, 7) is 1.85. The van der Waals surface area contributed by atoms with Crippen molar-refractivity contribution in [3.05, 3.63) is 95.7 Å². The van der Waals surface area contributed by atoms with Crippen LogP contribution in [0.25, 0.3) is 33.5 Å². The number of aromatic nitrogens is 1. The van der Waals surface area contributed by atoms with Gasteiger partial charge in [0.2, 0.25) is 0 Å². The molecule has 1 aromatic heterocycles. The maximum Gasteiger partial charge on any atom is 0.251 e. The SMILES string of the molecule is Cc1cc(-c2ccc(-c3ccccc3S(C)(=O)=O)cc2)c(C(N)=O)c(-c2cccc(C=NN)c2)n1. The third kappa shape index (κ3) is 4.97. The van der Waals surface area contributed by atoms with E-state index in [1.807, 2.05) is 61.5 Å². The quantitative estimate of drug-likeness (QED) is 0.241. The first-order valence-corrected chi connectivity index (χ1v) is 12.6. The van der Waals surface area contributed by atoms with Crippen molar-refractivity contribution in [2.45, 2.75) is 11.8 Å². The Morgan fingerprint density at radius 3 is 2.17 bits per heavy atom. The molecule has 176 valence electrons. The Kier molecular flexibility index (Phi) is 6.48. The lowest BCUT2D eigenvalue weighted by Crippen LogP contribution is -2.15. The number of nitrogens with zero attached hydrogens (tertiary/aromatic N) is 2. The first-order chi connectivity index (χ1) is 16.7. The zero-order chi connectivity index (χ0) is 25.2. The summed E-state index contributed by atoms with van der Waals surface area (Å²) < 4.78 is 24.5. The largest absolute Gasteiger partial charge is 0.366 e. The fourth-order valence-electron chi connectivity index (χ4n) is 4.07. The molecule has 0 aliphatic heterocycles. The summed E-state index contributed by atoms with van der Waals surface area (Å²) in [4.78, 5) is 17.5. The van der Waals surface area contributed by atoms with Crippen molar-refractivity contribution < 1.29 is 13.2 Å². The molecule has 0 fully saturated rings. The number of benzene rings is 3. The van der Waals surface area contributed by atoms with Crippen LogP contribution in [0.3, 0.4) is 0 Å². The van der Waals surface area contributed by atoms with Crippen molar-refractivity contribution in [2.75, 3.05) is 6.26 Å². The van der Waals surface area contributed by atoms with Crippen molar-refractivity contribution in [3.8, 4) is 33.5 Å². The molecular weight excluding hydrogens is 460 g/mol. The number of primary amides is 1. The van der Waals surface area contributed by atoms with Crippen LogP contribution in [0.15, 0.2) is 88.9 Å². The average molecular weight is 485 g/mol. The van der Waals surface area contributed by atoms with E-state index in [9.17, 15) is 13.2 Å². The van der Waals surface area contributed by atoms with Gasteiger partial charge in [0.25, 0.3) is 5.91 Å². The van der Waals surface area contributed by atoms with Crippen molar-refractivity contribution in [3.63, 3.8) is 0 Å². The van der Waals surface area contributed by atoms with E-state index in [-0.39, 0.29) is 4.90 Å². The minimum Gasteiger partial charge on any atom is -0.366 e. The predicted octanol–water partition coefficient (Wildman–Crippen LogP) is 4.19. The molecule has 0 atom stereocenters. The zero-order valence-corrected chi connectivity index (χ0v) is 20.1. The molecule has 0 radical (unpaired) electrons. The van der Waals surface area contributed by atoms with Gasteiger partial charge in [0.15, 0.2) is 9.84 Å². The molecule has 0 saturated carbocycles. The van der Waals surface area contributed by atoms with Crippen LogP contribution in [0.4, 0.5) is 0 Å². The molecule has 4 aromatic rings. The third-order valence-electron chi connectivity index (χ3n) is 5.57. The Bertz CT molecular complexity index is 1560. The molecule has 0 aliphatic rings. The Morgan fingerprint density at radius 1 is 0.886 bits per heavy atom. The molecule has 8 heteroatoms. The first kappa shape index (κ1) is 23.8. The van der Waals surface area contributed by atoms with Gasteiger partial charge in [0, 0.05) is 23.1 Å². The van der Waals surface area contributed by atoms with E-state index < -0.39 is 15.7 Å². The normalized spacial score (nSPS) is 11.6. The number of sulfone groups is 1. The molecule has 0 aliphatic carbocycles. The van der Waals surface area contributed by atoms with E-state index in [0.717, 1.165) is 16.7 Å². The highest BCUT2D eigenvalue weighted by Gasteiger charge is 2.20. The van der Waals surface area contributed by atoms with Gasteiger partial charge in [-0.05, 0) is 47.4 Å². The van der Waals surface area contributed by atoms with Crippen molar-refractivity contribution in [2.24, 2.45) is 16.7 Å². The number of carbonyl (C=O) groups excluding carboxylic acids is 1. The molecule has 0 saturated heterocycles.